The van der Waals surface area contributed by atoms with Crippen LogP contribution in [0.25, 0.3) is 10.2 Å². The molecule has 0 saturated heterocycles. The van der Waals surface area contributed by atoms with Crippen molar-refractivity contribution in [1.29, 1.82) is 0 Å². The van der Waals surface area contributed by atoms with Gasteiger partial charge in [0.15, 0.2) is 0 Å². The standard InChI is InChI=1S/C23H35N5O3S/c1-14-18-19(15-8-10-16(11-9-15)25-23(31)27(2)12-13-29)20(21(24)30)32-22(18)28(26-14)17-6-4-3-5-7-17/h15-17,29H,3-13H2,1-2H3,(H2,24,30)(H,25,31)/t15-,16-. The van der Waals surface area contributed by atoms with E-state index < -0.39 is 0 Å². The first-order valence-electron chi connectivity index (χ1n) is 11.8. The van der Waals surface area contributed by atoms with E-state index in [4.69, 9.17) is 15.9 Å². The minimum absolute atomic E-state index is 0.0470. The molecule has 4 N–H and O–H groups in total. The number of hydrogen-bond donors (Lipinski definition) is 3. The number of aromatic nitrogens is 2. The van der Waals surface area contributed by atoms with E-state index in [0.29, 0.717) is 17.5 Å². The van der Waals surface area contributed by atoms with E-state index in [1.54, 1.807) is 7.05 Å². The summed E-state index contributed by atoms with van der Waals surface area (Å²) in [6.07, 6.45) is 9.55. The van der Waals surface area contributed by atoms with Gasteiger partial charge in [0.25, 0.3) is 5.91 Å². The molecule has 4 rings (SSSR count). The van der Waals surface area contributed by atoms with Crippen molar-refractivity contribution in [3.63, 3.8) is 0 Å². The van der Waals surface area contributed by atoms with Crippen LogP contribution in [0.5, 0.6) is 0 Å². The molecule has 2 aromatic rings. The second-order valence-corrected chi connectivity index (χ2v) is 10.4. The number of likely N-dealkylation sites (N-methyl/N-ethyl adjacent to an activating group) is 1. The number of carbonyl (C=O) groups excluding carboxylic acids is 2. The fourth-order valence-corrected chi connectivity index (χ4v) is 6.72. The summed E-state index contributed by atoms with van der Waals surface area (Å²) in [4.78, 5) is 27.9. The summed E-state index contributed by atoms with van der Waals surface area (Å²) in [5.74, 6) is -0.103. The number of fused-ring (bicyclic) bond motifs is 1. The fraction of sp³-hybridized carbons (Fsp3) is 0.696. The lowest BCUT2D eigenvalue weighted by Gasteiger charge is -2.30. The smallest absolute Gasteiger partial charge is 0.317 e. The molecule has 0 aliphatic heterocycles. The van der Waals surface area contributed by atoms with Crippen LogP contribution in [0.4, 0.5) is 4.79 Å². The molecule has 2 aliphatic rings. The van der Waals surface area contributed by atoms with E-state index >= 15 is 0 Å². The molecule has 2 aliphatic carbocycles. The molecule has 9 heteroatoms. The number of primary amides is 1. The van der Waals surface area contributed by atoms with Crippen LogP contribution in [0, 0.1) is 6.92 Å². The molecule has 0 aromatic carbocycles. The van der Waals surface area contributed by atoms with E-state index in [-0.39, 0.29) is 30.5 Å². The van der Waals surface area contributed by atoms with Crippen molar-refractivity contribution in [3.05, 3.63) is 16.1 Å². The Labute approximate surface area is 193 Å². The zero-order valence-corrected chi connectivity index (χ0v) is 19.9. The average molecular weight is 462 g/mol. The first-order chi connectivity index (χ1) is 15.4. The maximum Gasteiger partial charge on any atom is 0.317 e. The number of aliphatic hydroxyl groups is 1. The largest absolute Gasteiger partial charge is 0.395 e. The predicted octanol–water partition coefficient (Wildman–Crippen LogP) is 3.67. The molecular formula is C23H35N5O3S. The summed E-state index contributed by atoms with van der Waals surface area (Å²) < 4.78 is 2.17. The highest BCUT2D eigenvalue weighted by atomic mass is 32.1. The number of thiophene rings is 1. The number of aryl methyl sites for hydroxylation is 1. The molecular weight excluding hydrogens is 426 g/mol. The number of urea groups is 1. The Hall–Kier alpha value is -2.13. The zero-order valence-electron chi connectivity index (χ0n) is 19.1. The topological polar surface area (TPSA) is 113 Å². The van der Waals surface area contributed by atoms with Crippen LogP contribution in [-0.4, -0.2) is 58.0 Å². The van der Waals surface area contributed by atoms with Crippen LogP contribution in [0.15, 0.2) is 0 Å². The Kier molecular flexibility index (Phi) is 7.05. The molecule has 8 nitrogen and oxygen atoms in total. The van der Waals surface area contributed by atoms with Crippen LogP contribution in [0.3, 0.4) is 0 Å². The minimum Gasteiger partial charge on any atom is -0.395 e. The first-order valence-corrected chi connectivity index (χ1v) is 12.7. The van der Waals surface area contributed by atoms with E-state index in [1.807, 2.05) is 6.92 Å². The highest BCUT2D eigenvalue weighted by Gasteiger charge is 2.32. The molecule has 0 unspecified atom stereocenters. The van der Waals surface area contributed by atoms with E-state index in [0.717, 1.165) is 60.0 Å². The summed E-state index contributed by atoms with van der Waals surface area (Å²) in [7, 11) is 1.69. The third kappa shape index (κ3) is 4.50. The van der Waals surface area contributed by atoms with Gasteiger partial charge in [-0.3, -0.25) is 9.48 Å². The van der Waals surface area contributed by atoms with Crippen molar-refractivity contribution in [3.8, 4) is 0 Å². The van der Waals surface area contributed by atoms with Gasteiger partial charge in [-0.15, -0.1) is 11.3 Å². The number of nitrogens with one attached hydrogen (secondary N) is 1. The minimum atomic E-state index is -0.350. The number of aliphatic hydroxyl groups excluding tert-OH is 1. The van der Waals surface area contributed by atoms with Gasteiger partial charge in [0.1, 0.15) is 4.83 Å². The predicted molar refractivity (Wildman–Crippen MR) is 126 cm³/mol. The highest BCUT2D eigenvalue weighted by molar-refractivity contribution is 7.20. The number of nitrogens with two attached hydrogens (primary N) is 1. The number of hydrogen-bond acceptors (Lipinski definition) is 5. The normalized spacial score (nSPS) is 22.2. The third-order valence-corrected chi connectivity index (χ3v) is 8.35. The van der Waals surface area contributed by atoms with Gasteiger partial charge >= 0.3 is 6.03 Å². The second kappa shape index (κ2) is 9.79. The summed E-state index contributed by atoms with van der Waals surface area (Å²) in [5.41, 5.74) is 7.91. The Balaban J connectivity index is 1.55. The molecule has 2 saturated carbocycles. The summed E-state index contributed by atoms with van der Waals surface area (Å²) in [6.45, 7) is 2.32. The Morgan fingerprint density at radius 3 is 2.50 bits per heavy atom. The molecule has 2 aromatic heterocycles. The molecule has 2 heterocycles. The van der Waals surface area contributed by atoms with Crippen LogP contribution in [0.1, 0.15) is 90.7 Å². The molecule has 0 spiro atoms. The quantitative estimate of drug-likeness (QED) is 0.609. The van der Waals surface area contributed by atoms with Crippen molar-refractivity contribution in [2.24, 2.45) is 5.73 Å². The van der Waals surface area contributed by atoms with Crippen molar-refractivity contribution in [1.82, 2.24) is 20.0 Å². The molecule has 3 amide bonds. The van der Waals surface area contributed by atoms with Gasteiger partial charge in [-0.1, -0.05) is 19.3 Å². The Morgan fingerprint density at radius 1 is 1.19 bits per heavy atom. The van der Waals surface area contributed by atoms with Crippen LogP contribution in [0.2, 0.25) is 0 Å². The Morgan fingerprint density at radius 2 is 1.88 bits per heavy atom. The van der Waals surface area contributed by atoms with Crippen LogP contribution in [-0.2, 0) is 0 Å². The van der Waals surface area contributed by atoms with Crippen molar-refractivity contribution in [2.75, 3.05) is 20.2 Å². The van der Waals surface area contributed by atoms with Gasteiger partial charge in [0.2, 0.25) is 0 Å². The lowest BCUT2D eigenvalue weighted by Crippen LogP contribution is -2.45. The molecule has 176 valence electrons. The number of carbonyl (C=O) groups is 2. The van der Waals surface area contributed by atoms with Gasteiger partial charge < -0.3 is 21.1 Å². The van der Waals surface area contributed by atoms with Gasteiger partial charge in [-0.25, -0.2) is 4.79 Å². The van der Waals surface area contributed by atoms with Gasteiger partial charge in [0.05, 0.1) is 23.2 Å². The Bertz CT molecular complexity index is 970. The van der Waals surface area contributed by atoms with Crippen molar-refractivity contribution in [2.45, 2.75) is 82.7 Å². The lowest BCUT2D eigenvalue weighted by atomic mass is 9.80. The third-order valence-electron chi connectivity index (χ3n) is 7.14. The van der Waals surface area contributed by atoms with E-state index in [1.165, 1.54) is 35.5 Å². The van der Waals surface area contributed by atoms with Crippen molar-refractivity contribution >= 4 is 33.5 Å². The highest BCUT2D eigenvalue weighted by Crippen LogP contribution is 2.45. The first kappa shape index (κ1) is 23.0. The molecule has 2 fully saturated rings. The van der Waals surface area contributed by atoms with Crippen molar-refractivity contribution < 1.29 is 14.7 Å². The van der Waals surface area contributed by atoms with Gasteiger partial charge in [-0.2, -0.15) is 5.10 Å². The lowest BCUT2D eigenvalue weighted by molar-refractivity contribution is 0.100. The van der Waals surface area contributed by atoms with Gasteiger partial charge in [0, 0.05) is 25.0 Å². The molecule has 0 atom stereocenters. The summed E-state index contributed by atoms with van der Waals surface area (Å²) >= 11 is 1.51. The molecule has 0 radical (unpaired) electrons. The van der Waals surface area contributed by atoms with Crippen LogP contribution >= 0.6 is 11.3 Å². The summed E-state index contributed by atoms with van der Waals surface area (Å²) in [6, 6.07) is 0.369. The second-order valence-electron chi connectivity index (χ2n) is 9.35. The number of amides is 3. The maximum atomic E-state index is 12.4. The van der Waals surface area contributed by atoms with Gasteiger partial charge in [-0.05, 0) is 56.9 Å². The summed E-state index contributed by atoms with van der Waals surface area (Å²) in [5, 5.41) is 18.1. The SMILES string of the molecule is Cc1nn(C2CCCCC2)c2sc(C(N)=O)c([C@H]3CC[C@H](NC(=O)N(C)CCO)CC3)c12. The maximum absolute atomic E-state index is 12.4. The fourth-order valence-electron chi connectivity index (χ4n) is 5.41. The monoisotopic (exact) mass is 461 g/mol. The number of nitrogens with zero attached hydrogens (tertiary/aromatic N) is 3. The molecule has 0 bridgehead atoms. The van der Waals surface area contributed by atoms with E-state index in [2.05, 4.69) is 10.00 Å². The van der Waals surface area contributed by atoms with Crippen LogP contribution < -0.4 is 11.1 Å². The van der Waals surface area contributed by atoms with E-state index in [9.17, 15) is 9.59 Å². The molecule has 32 heavy (non-hydrogen) atoms. The number of rotatable bonds is 6. The average Bonchev–Trinajstić information content (AvgIpc) is 3.33. The zero-order chi connectivity index (χ0) is 22.8.